The van der Waals surface area contributed by atoms with Gasteiger partial charge in [0.25, 0.3) is 0 Å². The van der Waals surface area contributed by atoms with E-state index in [2.05, 4.69) is 10.6 Å². The Bertz CT molecular complexity index is 818. The number of aliphatic carboxylic acids is 3. The Morgan fingerprint density at radius 1 is 0.743 bits per heavy atom. The molecule has 35 heavy (non-hydrogen) atoms. The van der Waals surface area contributed by atoms with Gasteiger partial charge in [-0.3, -0.25) is 28.8 Å². The van der Waals surface area contributed by atoms with Crippen molar-refractivity contribution in [2.75, 3.05) is 0 Å². The summed E-state index contributed by atoms with van der Waals surface area (Å²) >= 11 is 0. The molecule has 4 amide bonds. The fraction of sp³-hybridized carbons (Fsp3) is 0.650. The lowest BCUT2D eigenvalue weighted by Crippen LogP contribution is -2.58. The summed E-state index contributed by atoms with van der Waals surface area (Å²) in [5, 5.41) is 33.5. The first-order chi connectivity index (χ1) is 16.2. The van der Waals surface area contributed by atoms with Crippen molar-refractivity contribution in [3.05, 3.63) is 0 Å². The van der Waals surface area contributed by atoms with Crippen molar-refractivity contribution >= 4 is 41.5 Å². The van der Waals surface area contributed by atoms with Crippen LogP contribution in [-0.4, -0.2) is 81.0 Å². The van der Waals surface area contributed by atoms with Gasteiger partial charge in [0.15, 0.2) is 0 Å². The topological polar surface area (TPSA) is 268 Å². The molecule has 0 aliphatic rings. The van der Waals surface area contributed by atoms with Crippen molar-refractivity contribution in [1.82, 2.24) is 16.0 Å². The third-order valence-corrected chi connectivity index (χ3v) is 5.15. The van der Waals surface area contributed by atoms with Gasteiger partial charge in [-0.1, -0.05) is 20.3 Å². The van der Waals surface area contributed by atoms with Gasteiger partial charge in [-0.25, -0.2) is 4.79 Å². The zero-order valence-electron chi connectivity index (χ0n) is 19.5. The Morgan fingerprint density at radius 2 is 1.23 bits per heavy atom. The predicted molar refractivity (Wildman–Crippen MR) is 118 cm³/mol. The summed E-state index contributed by atoms with van der Waals surface area (Å²) in [6.07, 6.45) is -2.09. The Labute approximate surface area is 201 Å². The van der Waals surface area contributed by atoms with Crippen LogP contribution in [0.3, 0.4) is 0 Å². The van der Waals surface area contributed by atoms with E-state index in [0.717, 1.165) is 0 Å². The molecule has 0 fully saturated rings. The number of carbonyl (C=O) groups is 7. The number of rotatable bonds is 17. The number of carboxylic acid groups (broad SMARTS) is 3. The van der Waals surface area contributed by atoms with Crippen molar-refractivity contribution in [2.24, 2.45) is 17.4 Å². The van der Waals surface area contributed by atoms with Gasteiger partial charge in [0.1, 0.15) is 18.1 Å². The first-order valence-electron chi connectivity index (χ1n) is 10.8. The van der Waals surface area contributed by atoms with Crippen LogP contribution >= 0.6 is 0 Å². The Hall–Kier alpha value is -3.75. The van der Waals surface area contributed by atoms with Crippen molar-refractivity contribution in [1.29, 1.82) is 0 Å². The summed E-state index contributed by atoms with van der Waals surface area (Å²) in [5.41, 5.74) is 11.0. The minimum absolute atomic E-state index is 0.251. The number of nitrogens with one attached hydrogen (secondary N) is 3. The number of hydrogen-bond donors (Lipinski definition) is 8. The molecule has 0 radical (unpaired) electrons. The minimum Gasteiger partial charge on any atom is -0.481 e. The summed E-state index contributed by atoms with van der Waals surface area (Å²) < 4.78 is 0. The molecule has 0 aromatic heterocycles. The maximum Gasteiger partial charge on any atom is 0.326 e. The van der Waals surface area contributed by atoms with E-state index in [9.17, 15) is 38.7 Å². The van der Waals surface area contributed by atoms with E-state index < -0.39 is 85.0 Å². The molecule has 0 aromatic carbocycles. The van der Waals surface area contributed by atoms with Crippen LogP contribution < -0.4 is 27.4 Å². The van der Waals surface area contributed by atoms with E-state index >= 15 is 0 Å². The third kappa shape index (κ3) is 12.3. The van der Waals surface area contributed by atoms with Gasteiger partial charge in [-0.2, -0.15) is 0 Å². The smallest absolute Gasteiger partial charge is 0.326 e. The SMILES string of the molecule is CCC(C)C(N)C(=O)NC(CCC(N)=O)C(=O)NC(CC(=O)O)C(=O)NC(CCC(=O)O)C(=O)O. The summed E-state index contributed by atoms with van der Waals surface area (Å²) in [6.45, 7) is 3.50. The predicted octanol–water partition coefficient (Wildman–Crippen LogP) is -2.50. The quantitative estimate of drug-likeness (QED) is 0.103. The highest BCUT2D eigenvalue weighted by atomic mass is 16.4. The van der Waals surface area contributed by atoms with Gasteiger partial charge in [0.05, 0.1) is 12.5 Å². The number of primary amides is 1. The van der Waals surface area contributed by atoms with Crippen LogP contribution in [0.25, 0.3) is 0 Å². The average Bonchev–Trinajstić information content (AvgIpc) is 2.76. The van der Waals surface area contributed by atoms with Crippen molar-refractivity contribution < 1.29 is 48.9 Å². The van der Waals surface area contributed by atoms with E-state index in [0.29, 0.717) is 6.42 Å². The monoisotopic (exact) mass is 503 g/mol. The van der Waals surface area contributed by atoms with E-state index in [1.165, 1.54) is 0 Å². The zero-order valence-corrected chi connectivity index (χ0v) is 19.5. The van der Waals surface area contributed by atoms with Crippen LogP contribution in [0.1, 0.15) is 52.4 Å². The molecule has 0 saturated carbocycles. The molecule has 10 N–H and O–H groups in total. The Balaban J connectivity index is 5.63. The second kappa shape index (κ2) is 15.2. The second-order valence-electron chi connectivity index (χ2n) is 7.97. The molecule has 5 unspecified atom stereocenters. The summed E-state index contributed by atoms with van der Waals surface area (Å²) in [6, 6.07) is -5.84. The molecule has 0 aliphatic carbocycles. The summed E-state index contributed by atoms with van der Waals surface area (Å²) in [5.74, 6) is -8.38. The van der Waals surface area contributed by atoms with Crippen LogP contribution in [0, 0.1) is 5.92 Å². The number of amides is 4. The standard InChI is InChI=1S/C20H33N5O10/c1-3-9(2)16(22)19(33)23-10(4-6-13(21)26)17(31)25-12(8-15(29)30)18(32)24-11(20(34)35)5-7-14(27)28/h9-12,16H,3-8,22H2,1-2H3,(H2,21,26)(H,23,33)(H,24,32)(H,25,31)(H,27,28)(H,29,30)(H,34,35). The molecule has 0 aliphatic heterocycles. The van der Waals surface area contributed by atoms with Gasteiger partial charge >= 0.3 is 17.9 Å². The number of nitrogens with two attached hydrogens (primary N) is 2. The highest BCUT2D eigenvalue weighted by Gasteiger charge is 2.32. The molecular weight excluding hydrogens is 470 g/mol. The van der Waals surface area contributed by atoms with E-state index in [1.807, 2.05) is 5.32 Å². The largest absolute Gasteiger partial charge is 0.481 e. The van der Waals surface area contributed by atoms with Gasteiger partial charge in [-0.15, -0.1) is 0 Å². The first kappa shape index (κ1) is 31.2. The van der Waals surface area contributed by atoms with Crippen molar-refractivity contribution in [3.63, 3.8) is 0 Å². The minimum atomic E-state index is -1.78. The average molecular weight is 504 g/mol. The van der Waals surface area contributed by atoms with Gasteiger partial charge < -0.3 is 42.7 Å². The molecular formula is C20H33N5O10. The van der Waals surface area contributed by atoms with Crippen molar-refractivity contribution in [3.8, 4) is 0 Å². The molecule has 0 rings (SSSR count). The number of carbonyl (C=O) groups excluding carboxylic acids is 4. The number of carboxylic acids is 3. The zero-order chi connectivity index (χ0) is 27.3. The molecule has 0 saturated heterocycles. The molecule has 0 aromatic rings. The van der Waals surface area contributed by atoms with Crippen LogP contribution in [0.5, 0.6) is 0 Å². The lowest BCUT2D eigenvalue weighted by molar-refractivity contribution is -0.144. The lowest BCUT2D eigenvalue weighted by atomic mass is 9.98. The molecule has 0 spiro atoms. The third-order valence-electron chi connectivity index (χ3n) is 5.15. The van der Waals surface area contributed by atoms with Crippen LogP contribution in [-0.2, 0) is 33.6 Å². The van der Waals surface area contributed by atoms with Crippen molar-refractivity contribution in [2.45, 2.75) is 76.5 Å². The molecule has 0 bridgehead atoms. The maximum atomic E-state index is 12.8. The lowest BCUT2D eigenvalue weighted by Gasteiger charge is -2.25. The summed E-state index contributed by atoms with van der Waals surface area (Å²) in [4.78, 5) is 82.2. The molecule has 198 valence electrons. The number of hydrogen-bond acceptors (Lipinski definition) is 8. The van der Waals surface area contributed by atoms with Gasteiger partial charge in [0.2, 0.25) is 23.6 Å². The molecule has 15 heteroatoms. The van der Waals surface area contributed by atoms with Gasteiger partial charge in [-0.05, 0) is 18.8 Å². The normalized spacial score (nSPS) is 14.9. The highest BCUT2D eigenvalue weighted by molar-refractivity contribution is 5.95. The Morgan fingerprint density at radius 3 is 1.69 bits per heavy atom. The van der Waals surface area contributed by atoms with Gasteiger partial charge in [0, 0.05) is 12.8 Å². The second-order valence-corrected chi connectivity index (χ2v) is 7.97. The summed E-state index contributed by atoms with van der Waals surface area (Å²) in [7, 11) is 0. The fourth-order valence-corrected chi connectivity index (χ4v) is 2.79. The maximum absolute atomic E-state index is 12.8. The van der Waals surface area contributed by atoms with Crippen LogP contribution in [0.4, 0.5) is 0 Å². The van der Waals surface area contributed by atoms with E-state index in [-0.39, 0.29) is 18.8 Å². The van der Waals surface area contributed by atoms with E-state index in [1.54, 1.807) is 13.8 Å². The van der Waals surface area contributed by atoms with E-state index in [4.69, 9.17) is 21.7 Å². The molecule has 0 heterocycles. The Kier molecular flexibility index (Phi) is 13.6. The fourth-order valence-electron chi connectivity index (χ4n) is 2.79. The van der Waals surface area contributed by atoms with Crippen LogP contribution in [0.15, 0.2) is 0 Å². The van der Waals surface area contributed by atoms with Crippen LogP contribution in [0.2, 0.25) is 0 Å². The first-order valence-corrected chi connectivity index (χ1v) is 10.8. The molecule has 5 atom stereocenters. The molecule has 15 nitrogen and oxygen atoms in total. The highest BCUT2D eigenvalue weighted by Crippen LogP contribution is 2.08.